The number of nitrogens with one attached hydrogen (secondary N) is 1. The molecule has 1 aliphatic rings. The number of amides is 2. The van der Waals surface area contributed by atoms with E-state index in [1.54, 1.807) is 4.90 Å². The molecular formula is C17H24N2O3. The molecule has 0 aliphatic carbocycles. The van der Waals surface area contributed by atoms with E-state index in [4.69, 9.17) is 4.74 Å². The van der Waals surface area contributed by atoms with Crippen molar-refractivity contribution in [2.45, 2.75) is 39.3 Å². The molecule has 0 atom stereocenters. The topological polar surface area (TPSA) is 58.6 Å². The quantitative estimate of drug-likeness (QED) is 0.930. The lowest BCUT2D eigenvalue weighted by Crippen LogP contribution is -2.47. The van der Waals surface area contributed by atoms with Crippen LogP contribution < -0.4 is 5.32 Å². The van der Waals surface area contributed by atoms with Crippen molar-refractivity contribution >= 4 is 12.0 Å². The van der Waals surface area contributed by atoms with Crippen LogP contribution >= 0.6 is 0 Å². The average Bonchev–Trinajstić information content (AvgIpc) is 2.54. The van der Waals surface area contributed by atoms with Crippen molar-refractivity contribution < 1.29 is 14.3 Å². The van der Waals surface area contributed by atoms with Gasteiger partial charge in [0, 0.05) is 25.0 Å². The van der Waals surface area contributed by atoms with Crippen LogP contribution in [0.15, 0.2) is 30.3 Å². The second-order valence-corrected chi connectivity index (χ2v) is 5.96. The van der Waals surface area contributed by atoms with Crippen molar-refractivity contribution in [2.24, 2.45) is 5.92 Å². The second-order valence-electron chi connectivity index (χ2n) is 5.96. The predicted octanol–water partition coefficient (Wildman–Crippen LogP) is 2.56. The fraction of sp³-hybridized carbons (Fsp3) is 0.529. The molecule has 0 aromatic heterocycles. The monoisotopic (exact) mass is 304 g/mol. The fourth-order valence-corrected chi connectivity index (χ4v) is 2.38. The van der Waals surface area contributed by atoms with Crippen LogP contribution in [0.3, 0.4) is 0 Å². The maximum Gasteiger partial charge on any atom is 0.410 e. The van der Waals surface area contributed by atoms with Gasteiger partial charge < -0.3 is 15.0 Å². The highest BCUT2D eigenvalue weighted by atomic mass is 16.6. The molecule has 0 radical (unpaired) electrons. The van der Waals surface area contributed by atoms with Crippen molar-refractivity contribution in [3.05, 3.63) is 35.9 Å². The van der Waals surface area contributed by atoms with Gasteiger partial charge in [-0.1, -0.05) is 44.2 Å². The van der Waals surface area contributed by atoms with E-state index in [9.17, 15) is 9.59 Å². The van der Waals surface area contributed by atoms with Crippen LogP contribution in [0, 0.1) is 5.92 Å². The first-order valence-corrected chi connectivity index (χ1v) is 7.82. The normalized spacial score (nSPS) is 15.7. The molecule has 1 aromatic rings. The summed E-state index contributed by atoms with van der Waals surface area (Å²) in [5.41, 5.74) is 0.981. The highest BCUT2D eigenvalue weighted by Gasteiger charge is 2.25. The van der Waals surface area contributed by atoms with E-state index in [1.807, 2.05) is 44.2 Å². The molecule has 1 heterocycles. The molecule has 22 heavy (non-hydrogen) atoms. The Kier molecular flexibility index (Phi) is 5.81. The van der Waals surface area contributed by atoms with Crippen LogP contribution in [0.4, 0.5) is 4.79 Å². The zero-order valence-corrected chi connectivity index (χ0v) is 13.2. The van der Waals surface area contributed by atoms with Gasteiger partial charge in [-0.05, 0) is 18.4 Å². The Balaban J connectivity index is 1.72. The third-order valence-corrected chi connectivity index (χ3v) is 3.83. The molecule has 1 N–H and O–H groups in total. The van der Waals surface area contributed by atoms with Gasteiger partial charge in [0.05, 0.1) is 0 Å². The van der Waals surface area contributed by atoms with E-state index >= 15 is 0 Å². The smallest absolute Gasteiger partial charge is 0.410 e. The molecule has 1 saturated heterocycles. The Morgan fingerprint density at radius 3 is 2.45 bits per heavy atom. The molecule has 0 unspecified atom stereocenters. The van der Waals surface area contributed by atoms with Gasteiger partial charge in [-0.2, -0.15) is 0 Å². The van der Waals surface area contributed by atoms with Crippen molar-refractivity contribution in [2.75, 3.05) is 13.1 Å². The summed E-state index contributed by atoms with van der Waals surface area (Å²) in [4.78, 5) is 25.4. The number of piperidine rings is 1. The van der Waals surface area contributed by atoms with E-state index in [0.717, 1.165) is 18.4 Å². The zero-order chi connectivity index (χ0) is 15.9. The molecule has 5 heteroatoms. The average molecular weight is 304 g/mol. The summed E-state index contributed by atoms with van der Waals surface area (Å²) < 4.78 is 5.32. The molecule has 1 aromatic carbocycles. The van der Waals surface area contributed by atoms with Crippen molar-refractivity contribution in [3.63, 3.8) is 0 Å². The zero-order valence-electron chi connectivity index (χ0n) is 13.2. The Hall–Kier alpha value is -2.04. The van der Waals surface area contributed by atoms with Crippen LogP contribution in [-0.2, 0) is 16.1 Å². The van der Waals surface area contributed by atoms with E-state index in [1.165, 1.54) is 0 Å². The van der Waals surface area contributed by atoms with Gasteiger partial charge in [-0.3, -0.25) is 4.79 Å². The van der Waals surface area contributed by atoms with Crippen LogP contribution in [-0.4, -0.2) is 36.0 Å². The molecule has 120 valence electrons. The molecule has 2 rings (SSSR count). The van der Waals surface area contributed by atoms with Crippen LogP contribution in [0.1, 0.15) is 32.3 Å². The summed E-state index contributed by atoms with van der Waals surface area (Å²) in [6, 6.07) is 9.80. The first-order chi connectivity index (χ1) is 10.6. The summed E-state index contributed by atoms with van der Waals surface area (Å²) in [5.74, 6) is 0.0685. The summed E-state index contributed by atoms with van der Waals surface area (Å²) >= 11 is 0. The van der Waals surface area contributed by atoms with Crippen LogP contribution in [0.2, 0.25) is 0 Å². The number of hydrogen-bond donors (Lipinski definition) is 1. The number of rotatable bonds is 4. The number of nitrogens with zero attached hydrogens (tertiary/aromatic N) is 1. The lowest BCUT2D eigenvalue weighted by Gasteiger charge is -2.32. The van der Waals surface area contributed by atoms with E-state index in [2.05, 4.69) is 5.32 Å². The van der Waals surface area contributed by atoms with Crippen LogP contribution in [0.5, 0.6) is 0 Å². The molecule has 0 bridgehead atoms. The summed E-state index contributed by atoms with van der Waals surface area (Å²) in [5, 5.41) is 3.02. The molecule has 0 spiro atoms. The van der Waals surface area contributed by atoms with Crippen LogP contribution in [0.25, 0.3) is 0 Å². The Labute approximate surface area is 131 Å². The van der Waals surface area contributed by atoms with Crippen molar-refractivity contribution in [1.82, 2.24) is 10.2 Å². The lowest BCUT2D eigenvalue weighted by atomic mass is 10.0. The van der Waals surface area contributed by atoms with Gasteiger partial charge in [-0.15, -0.1) is 0 Å². The van der Waals surface area contributed by atoms with E-state index < -0.39 is 0 Å². The van der Waals surface area contributed by atoms with Gasteiger partial charge >= 0.3 is 6.09 Å². The third kappa shape index (κ3) is 4.76. The minimum absolute atomic E-state index is 0.00568. The lowest BCUT2D eigenvalue weighted by molar-refractivity contribution is -0.125. The standard InChI is InChI=1S/C17H24N2O3/c1-13(2)16(20)18-15-8-10-19(11-9-15)17(21)22-12-14-6-4-3-5-7-14/h3-7,13,15H,8-12H2,1-2H3,(H,18,20). The molecule has 1 fully saturated rings. The fourth-order valence-electron chi connectivity index (χ4n) is 2.38. The van der Waals surface area contributed by atoms with Gasteiger partial charge in [-0.25, -0.2) is 4.79 Å². The number of carbonyl (C=O) groups excluding carboxylic acids is 2. The second kappa shape index (κ2) is 7.82. The number of benzene rings is 1. The van der Waals surface area contributed by atoms with Gasteiger partial charge in [0.2, 0.25) is 5.91 Å². The number of carbonyl (C=O) groups is 2. The van der Waals surface area contributed by atoms with Crippen molar-refractivity contribution in [1.29, 1.82) is 0 Å². The predicted molar refractivity (Wildman–Crippen MR) is 84.2 cm³/mol. The van der Waals surface area contributed by atoms with Gasteiger partial charge in [0.25, 0.3) is 0 Å². The largest absolute Gasteiger partial charge is 0.445 e. The molecule has 5 nitrogen and oxygen atoms in total. The Morgan fingerprint density at radius 2 is 1.86 bits per heavy atom. The minimum Gasteiger partial charge on any atom is -0.445 e. The Morgan fingerprint density at radius 1 is 1.23 bits per heavy atom. The van der Waals surface area contributed by atoms with Gasteiger partial charge in [0.15, 0.2) is 0 Å². The van der Waals surface area contributed by atoms with E-state index in [-0.39, 0.29) is 24.0 Å². The summed E-state index contributed by atoms with van der Waals surface area (Å²) in [6.07, 6.45) is 1.27. The molecule has 0 saturated carbocycles. The maximum absolute atomic E-state index is 12.0. The first kappa shape index (κ1) is 16.3. The highest BCUT2D eigenvalue weighted by molar-refractivity contribution is 5.78. The summed E-state index contributed by atoms with van der Waals surface area (Å²) in [7, 11) is 0. The van der Waals surface area contributed by atoms with Crippen molar-refractivity contribution in [3.8, 4) is 0 Å². The first-order valence-electron chi connectivity index (χ1n) is 7.82. The third-order valence-electron chi connectivity index (χ3n) is 3.83. The molecular weight excluding hydrogens is 280 g/mol. The van der Waals surface area contributed by atoms with E-state index in [0.29, 0.717) is 19.7 Å². The molecule has 1 aliphatic heterocycles. The summed E-state index contributed by atoms with van der Waals surface area (Å²) in [6.45, 7) is 5.30. The molecule has 2 amide bonds. The number of ether oxygens (including phenoxy) is 1. The number of hydrogen-bond acceptors (Lipinski definition) is 3. The van der Waals surface area contributed by atoms with Gasteiger partial charge in [0.1, 0.15) is 6.61 Å². The highest BCUT2D eigenvalue weighted by Crippen LogP contribution is 2.13. The number of likely N-dealkylation sites (tertiary alicyclic amines) is 1. The SMILES string of the molecule is CC(C)C(=O)NC1CCN(C(=O)OCc2ccccc2)CC1. The minimum atomic E-state index is -0.280. The maximum atomic E-state index is 12.0. The Bertz CT molecular complexity index is 494.